The van der Waals surface area contributed by atoms with Gasteiger partial charge in [-0.25, -0.2) is 4.39 Å². The summed E-state index contributed by atoms with van der Waals surface area (Å²) in [6.07, 6.45) is 0.170. The second-order valence-corrected chi connectivity index (χ2v) is 6.87. The predicted molar refractivity (Wildman–Crippen MR) is 101 cm³/mol. The summed E-state index contributed by atoms with van der Waals surface area (Å²) >= 11 is 0. The Hall–Kier alpha value is -2.89. The number of aryl methyl sites for hydroxylation is 1. The van der Waals surface area contributed by atoms with Crippen LogP contribution in [0.25, 0.3) is 0 Å². The average Bonchev–Trinajstić information content (AvgIpc) is 3.04. The summed E-state index contributed by atoms with van der Waals surface area (Å²) in [6.45, 7) is 4.11. The standard InChI is InChI=1S/C21H23FN2O3/c1-13-4-7-17(8-5-13)24-12-16(11-20(24)25)21(26)23-14(2)15-6-9-19(27-3)18(22)10-15/h4-10,14,16H,11-12H2,1-3H3,(H,23,26). The number of nitrogens with one attached hydrogen (secondary N) is 1. The van der Waals surface area contributed by atoms with Crippen molar-refractivity contribution in [3.8, 4) is 5.75 Å². The summed E-state index contributed by atoms with van der Waals surface area (Å²) in [7, 11) is 1.40. The second kappa shape index (κ2) is 7.78. The maximum absolute atomic E-state index is 13.9. The Labute approximate surface area is 158 Å². The van der Waals surface area contributed by atoms with E-state index in [-0.39, 0.29) is 30.0 Å². The summed E-state index contributed by atoms with van der Waals surface area (Å²) in [4.78, 5) is 26.6. The van der Waals surface area contributed by atoms with Gasteiger partial charge in [0.2, 0.25) is 11.8 Å². The molecule has 2 unspecified atom stereocenters. The monoisotopic (exact) mass is 370 g/mol. The van der Waals surface area contributed by atoms with Crippen LogP contribution < -0.4 is 15.0 Å². The molecule has 0 saturated carbocycles. The van der Waals surface area contributed by atoms with Gasteiger partial charge in [-0.15, -0.1) is 0 Å². The fourth-order valence-corrected chi connectivity index (χ4v) is 3.22. The molecule has 27 heavy (non-hydrogen) atoms. The number of halogens is 1. The number of ether oxygens (including phenoxy) is 1. The molecule has 1 aliphatic rings. The molecule has 2 aromatic carbocycles. The predicted octanol–water partition coefficient (Wildman–Crippen LogP) is 3.37. The highest BCUT2D eigenvalue weighted by Crippen LogP contribution is 2.27. The molecule has 142 valence electrons. The number of hydrogen-bond donors (Lipinski definition) is 1. The van der Waals surface area contributed by atoms with Crippen LogP contribution in [0, 0.1) is 18.7 Å². The fourth-order valence-electron chi connectivity index (χ4n) is 3.22. The molecular weight excluding hydrogens is 347 g/mol. The summed E-state index contributed by atoms with van der Waals surface area (Å²) in [5.74, 6) is -1.02. The zero-order chi connectivity index (χ0) is 19.6. The van der Waals surface area contributed by atoms with Gasteiger partial charge in [0.1, 0.15) is 0 Å². The van der Waals surface area contributed by atoms with Gasteiger partial charge in [-0.3, -0.25) is 9.59 Å². The van der Waals surface area contributed by atoms with Crippen molar-refractivity contribution in [2.45, 2.75) is 26.3 Å². The van der Waals surface area contributed by atoms with Crippen molar-refractivity contribution < 1.29 is 18.7 Å². The molecule has 2 atom stereocenters. The summed E-state index contributed by atoms with van der Waals surface area (Å²) in [5, 5.41) is 2.88. The molecular formula is C21H23FN2O3. The molecule has 5 nitrogen and oxygen atoms in total. The minimum atomic E-state index is -0.474. The molecule has 0 spiro atoms. The van der Waals surface area contributed by atoms with E-state index in [0.29, 0.717) is 12.1 Å². The van der Waals surface area contributed by atoms with E-state index in [2.05, 4.69) is 5.32 Å². The zero-order valence-electron chi connectivity index (χ0n) is 15.7. The van der Waals surface area contributed by atoms with Crippen LogP contribution in [0.5, 0.6) is 5.75 Å². The van der Waals surface area contributed by atoms with Crippen LogP contribution in [0.4, 0.5) is 10.1 Å². The van der Waals surface area contributed by atoms with Crippen molar-refractivity contribution in [3.05, 3.63) is 59.4 Å². The average molecular weight is 370 g/mol. The Morgan fingerprint density at radius 1 is 1.26 bits per heavy atom. The Kier molecular flexibility index (Phi) is 5.44. The lowest BCUT2D eigenvalue weighted by molar-refractivity contribution is -0.126. The molecule has 6 heteroatoms. The number of carbonyl (C=O) groups excluding carboxylic acids is 2. The largest absolute Gasteiger partial charge is 0.494 e. The third kappa shape index (κ3) is 4.10. The molecule has 1 aliphatic heterocycles. The smallest absolute Gasteiger partial charge is 0.227 e. The van der Waals surface area contributed by atoms with Gasteiger partial charge >= 0.3 is 0 Å². The van der Waals surface area contributed by atoms with Gasteiger partial charge in [0.05, 0.1) is 19.1 Å². The third-order valence-corrected chi connectivity index (χ3v) is 4.88. The van der Waals surface area contributed by atoms with E-state index in [9.17, 15) is 14.0 Å². The molecule has 3 rings (SSSR count). The van der Waals surface area contributed by atoms with Gasteiger partial charge in [-0.05, 0) is 43.7 Å². The first-order valence-electron chi connectivity index (χ1n) is 8.90. The van der Waals surface area contributed by atoms with E-state index in [1.807, 2.05) is 31.2 Å². The van der Waals surface area contributed by atoms with Gasteiger partial charge < -0.3 is 15.0 Å². The quantitative estimate of drug-likeness (QED) is 0.878. The minimum absolute atomic E-state index is 0.0675. The Morgan fingerprint density at radius 3 is 2.59 bits per heavy atom. The Bertz CT molecular complexity index is 851. The second-order valence-electron chi connectivity index (χ2n) is 6.87. The number of carbonyl (C=O) groups is 2. The molecule has 2 amide bonds. The first-order chi connectivity index (χ1) is 12.9. The minimum Gasteiger partial charge on any atom is -0.494 e. The van der Waals surface area contributed by atoms with Crippen molar-refractivity contribution in [2.75, 3.05) is 18.6 Å². The highest BCUT2D eigenvalue weighted by atomic mass is 19.1. The van der Waals surface area contributed by atoms with Crippen molar-refractivity contribution in [1.82, 2.24) is 5.32 Å². The van der Waals surface area contributed by atoms with Crippen LogP contribution in [0.3, 0.4) is 0 Å². The first-order valence-corrected chi connectivity index (χ1v) is 8.90. The molecule has 0 aliphatic carbocycles. The van der Waals surface area contributed by atoms with Crippen molar-refractivity contribution in [1.29, 1.82) is 0 Å². The van der Waals surface area contributed by atoms with Crippen molar-refractivity contribution >= 4 is 17.5 Å². The summed E-state index contributed by atoms with van der Waals surface area (Å²) in [6, 6.07) is 11.9. The highest BCUT2D eigenvalue weighted by molar-refractivity contribution is 6.00. The van der Waals surface area contributed by atoms with E-state index in [0.717, 1.165) is 11.3 Å². The van der Waals surface area contributed by atoms with Gasteiger partial charge in [-0.2, -0.15) is 0 Å². The lowest BCUT2D eigenvalue weighted by Crippen LogP contribution is -2.34. The number of benzene rings is 2. The normalized spacial score (nSPS) is 17.7. The summed E-state index contributed by atoms with van der Waals surface area (Å²) in [5.41, 5.74) is 2.55. The molecule has 1 N–H and O–H groups in total. The lowest BCUT2D eigenvalue weighted by atomic mass is 10.0. The van der Waals surface area contributed by atoms with E-state index in [1.165, 1.54) is 19.2 Å². The first kappa shape index (κ1) is 18.9. The number of anilines is 1. The molecule has 1 fully saturated rings. The van der Waals surface area contributed by atoms with Crippen LogP contribution in [0.1, 0.15) is 30.5 Å². The van der Waals surface area contributed by atoms with Crippen LogP contribution >= 0.6 is 0 Å². The zero-order valence-corrected chi connectivity index (χ0v) is 15.7. The maximum Gasteiger partial charge on any atom is 0.227 e. The van der Waals surface area contributed by atoms with Gasteiger partial charge in [0.25, 0.3) is 0 Å². The topological polar surface area (TPSA) is 58.6 Å². The van der Waals surface area contributed by atoms with E-state index in [1.54, 1.807) is 17.9 Å². The van der Waals surface area contributed by atoms with Crippen molar-refractivity contribution in [3.63, 3.8) is 0 Å². The molecule has 0 radical (unpaired) electrons. The SMILES string of the molecule is COc1ccc(C(C)NC(=O)C2CC(=O)N(c3ccc(C)cc3)C2)cc1F. The fraction of sp³-hybridized carbons (Fsp3) is 0.333. The lowest BCUT2D eigenvalue weighted by Gasteiger charge is -2.19. The van der Waals surface area contributed by atoms with E-state index < -0.39 is 11.7 Å². The number of amides is 2. The third-order valence-electron chi connectivity index (χ3n) is 4.88. The van der Waals surface area contributed by atoms with Crippen LogP contribution in [0.15, 0.2) is 42.5 Å². The number of rotatable bonds is 5. The molecule has 0 bridgehead atoms. The van der Waals surface area contributed by atoms with E-state index in [4.69, 9.17) is 4.74 Å². The molecule has 0 aromatic heterocycles. The highest BCUT2D eigenvalue weighted by Gasteiger charge is 2.35. The maximum atomic E-state index is 13.9. The molecule has 1 saturated heterocycles. The number of hydrogen-bond acceptors (Lipinski definition) is 3. The number of methoxy groups -OCH3 is 1. The van der Waals surface area contributed by atoms with Gasteiger partial charge in [-0.1, -0.05) is 23.8 Å². The van der Waals surface area contributed by atoms with Crippen molar-refractivity contribution in [2.24, 2.45) is 5.92 Å². The number of nitrogens with zero attached hydrogens (tertiary/aromatic N) is 1. The van der Waals surface area contributed by atoms with Crippen LogP contribution in [-0.4, -0.2) is 25.5 Å². The Morgan fingerprint density at radius 2 is 1.96 bits per heavy atom. The summed E-state index contributed by atoms with van der Waals surface area (Å²) < 4.78 is 18.8. The molecule has 1 heterocycles. The Balaban J connectivity index is 1.65. The molecule has 2 aromatic rings. The van der Waals surface area contributed by atoms with Gasteiger partial charge in [0.15, 0.2) is 11.6 Å². The van der Waals surface area contributed by atoms with Gasteiger partial charge in [0, 0.05) is 18.7 Å². The van der Waals surface area contributed by atoms with Crippen LogP contribution in [-0.2, 0) is 9.59 Å². The van der Waals surface area contributed by atoms with Crippen LogP contribution in [0.2, 0.25) is 0 Å². The van der Waals surface area contributed by atoms with E-state index >= 15 is 0 Å².